The normalized spacial score (nSPS) is 11.7. The average molecular weight is 328 g/mol. The van der Waals surface area contributed by atoms with Crippen molar-refractivity contribution in [3.05, 3.63) is 65.3 Å². The first kappa shape index (κ1) is 15.1. The van der Waals surface area contributed by atoms with Gasteiger partial charge in [0.2, 0.25) is 0 Å². The molecule has 3 aromatic rings. The molecule has 0 saturated heterocycles. The fourth-order valence-corrected chi connectivity index (χ4v) is 2.60. The molecular weight excluding hydrogens is 314 g/mol. The van der Waals surface area contributed by atoms with E-state index in [4.69, 9.17) is 11.6 Å². The number of aryl methyl sites for hydroxylation is 1. The number of fused-ring (bicyclic) bond motifs is 1. The minimum Gasteiger partial charge on any atom is -0.410 e. The molecule has 116 valence electrons. The third-order valence-corrected chi connectivity index (χ3v) is 3.82. The van der Waals surface area contributed by atoms with Gasteiger partial charge in [0.15, 0.2) is 5.71 Å². The maximum absolute atomic E-state index is 12.4. The van der Waals surface area contributed by atoms with Crippen LogP contribution in [0.2, 0.25) is 5.02 Å². The molecular formula is C17H14ClN3O2. The molecule has 0 bridgehead atoms. The van der Waals surface area contributed by atoms with E-state index in [-0.39, 0.29) is 5.71 Å². The molecule has 5 nitrogen and oxygen atoms in total. The molecule has 0 fully saturated rings. The van der Waals surface area contributed by atoms with Crippen molar-refractivity contribution in [2.45, 2.75) is 0 Å². The number of carbonyl (C=O) groups is 1. The lowest BCUT2D eigenvalue weighted by Gasteiger charge is -2.06. The van der Waals surface area contributed by atoms with Crippen molar-refractivity contribution in [3.63, 3.8) is 0 Å². The zero-order chi connectivity index (χ0) is 16.4. The highest BCUT2D eigenvalue weighted by atomic mass is 35.5. The van der Waals surface area contributed by atoms with E-state index in [1.807, 2.05) is 35.9 Å². The molecule has 1 aromatic heterocycles. The quantitative estimate of drug-likeness (QED) is 0.438. The number of benzene rings is 2. The summed E-state index contributed by atoms with van der Waals surface area (Å²) in [5.74, 6) is -0.494. The van der Waals surface area contributed by atoms with Crippen LogP contribution in [0.4, 0.5) is 5.69 Å². The molecule has 1 amide bonds. The number of carbonyl (C=O) groups excluding carboxylic acids is 1. The number of para-hydroxylation sites is 1. The minimum atomic E-state index is -0.494. The average Bonchev–Trinajstić information content (AvgIpc) is 2.88. The van der Waals surface area contributed by atoms with Gasteiger partial charge in [-0.2, -0.15) is 0 Å². The highest BCUT2D eigenvalue weighted by molar-refractivity contribution is 6.50. The van der Waals surface area contributed by atoms with E-state index < -0.39 is 5.91 Å². The summed E-state index contributed by atoms with van der Waals surface area (Å²) >= 11 is 5.82. The Balaban J connectivity index is 1.95. The van der Waals surface area contributed by atoms with Crippen molar-refractivity contribution in [1.29, 1.82) is 0 Å². The van der Waals surface area contributed by atoms with Gasteiger partial charge in [-0.05, 0) is 30.3 Å². The van der Waals surface area contributed by atoms with E-state index in [0.717, 1.165) is 10.9 Å². The Labute approximate surface area is 137 Å². The zero-order valence-electron chi connectivity index (χ0n) is 12.3. The largest absolute Gasteiger partial charge is 0.410 e. The van der Waals surface area contributed by atoms with Gasteiger partial charge < -0.3 is 15.1 Å². The van der Waals surface area contributed by atoms with E-state index in [2.05, 4.69) is 10.5 Å². The van der Waals surface area contributed by atoms with E-state index >= 15 is 0 Å². The fraction of sp³-hybridized carbons (Fsp3) is 0.0588. The Kier molecular flexibility index (Phi) is 4.04. The Bertz CT molecular complexity index is 898. The lowest BCUT2D eigenvalue weighted by molar-refractivity contribution is -0.110. The van der Waals surface area contributed by atoms with E-state index in [0.29, 0.717) is 16.3 Å². The van der Waals surface area contributed by atoms with Gasteiger partial charge in [0.25, 0.3) is 5.91 Å². The van der Waals surface area contributed by atoms with Crippen molar-refractivity contribution in [3.8, 4) is 0 Å². The summed E-state index contributed by atoms with van der Waals surface area (Å²) in [6.07, 6.45) is 1.77. The van der Waals surface area contributed by atoms with Gasteiger partial charge in [0.1, 0.15) is 0 Å². The standard InChI is InChI=1S/C17H14ClN3O2/c1-21-10-14(13-4-2-3-5-15(13)21)16(20-23)17(22)19-12-8-6-11(18)7-9-12/h2-10,23H,1H3,(H,19,22)/b20-16+. The van der Waals surface area contributed by atoms with Crippen LogP contribution in [0.1, 0.15) is 5.56 Å². The third-order valence-electron chi connectivity index (χ3n) is 3.57. The monoisotopic (exact) mass is 327 g/mol. The summed E-state index contributed by atoms with van der Waals surface area (Å²) < 4.78 is 1.88. The molecule has 23 heavy (non-hydrogen) atoms. The Morgan fingerprint density at radius 2 is 1.87 bits per heavy atom. The molecule has 0 radical (unpaired) electrons. The van der Waals surface area contributed by atoms with Crippen LogP contribution in [0.25, 0.3) is 10.9 Å². The second kappa shape index (κ2) is 6.14. The SMILES string of the molecule is Cn1cc(/C(=N\O)C(=O)Nc2ccc(Cl)cc2)c2ccccc21. The molecule has 0 spiro atoms. The summed E-state index contributed by atoms with van der Waals surface area (Å²) in [5.41, 5.74) is 2.04. The fourth-order valence-electron chi connectivity index (χ4n) is 2.48. The van der Waals surface area contributed by atoms with Crippen molar-refractivity contribution in [1.82, 2.24) is 4.57 Å². The molecule has 0 aliphatic rings. The summed E-state index contributed by atoms with van der Waals surface area (Å²) in [4.78, 5) is 12.4. The van der Waals surface area contributed by atoms with Gasteiger partial charge in [-0.25, -0.2) is 0 Å². The molecule has 0 aliphatic carbocycles. The van der Waals surface area contributed by atoms with Crippen molar-refractivity contribution in [2.75, 3.05) is 5.32 Å². The Morgan fingerprint density at radius 3 is 2.57 bits per heavy atom. The molecule has 2 aromatic carbocycles. The van der Waals surface area contributed by atoms with Gasteiger partial charge in [-0.1, -0.05) is 35.0 Å². The topological polar surface area (TPSA) is 66.6 Å². The molecule has 0 atom stereocenters. The van der Waals surface area contributed by atoms with Crippen molar-refractivity contribution < 1.29 is 10.0 Å². The van der Waals surface area contributed by atoms with E-state index in [9.17, 15) is 10.0 Å². The number of nitrogens with one attached hydrogen (secondary N) is 1. The Morgan fingerprint density at radius 1 is 1.17 bits per heavy atom. The summed E-state index contributed by atoms with van der Waals surface area (Å²) in [6.45, 7) is 0. The van der Waals surface area contributed by atoms with Crippen LogP contribution in [0.3, 0.4) is 0 Å². The number of hydrogen-bond acceptors (Lipinski definition) is 3. The summed E-state index contributed by atoms with van der Waals surface area (Å²) in [7, 11) is 1.87. The minimum absolute atomic E-state index is 0.0447. The number of aromatic nitrogens is 1. The number of halogens is 1. The molecule has 2 N–H and O–H groups in total. The maximum atomic E-state index is 12.4. The number of anilines is 1. The lowest BCUT2D eigenvalue weighted by Crippen LogP contribution is -2.23. The molecule has 0 saturated carbocycles. The van der Waals surface area contributed by atoms with Crippen molar-refractivity contribution in [2.24, 2.45) is 12.2 Å². The first-order valence-electron chi connectivity index (χ1n) is 6.93. The first-order chi connectivity index (χ1) is 11.1. The van der Waals surface area contributed by atoms with Crippen LogP contribution in [0, 0.1) is 0 Å². The van der Waals surface area contributed by atoms with Gasteiger partial charge in [-0.15, -0.1) is 0 Å². The van der Waals surface area contributed by atoms with Crippen LogP contribution in [0.15, 0.2) is 59.9 Å². The van der Waals surface area contributed by atoms with Crippen LogP contribution in [-0.4, -0.2) is 21.4 Å². The van der Waals surface area contributed by atoms with E-state index in [1.165, 1.54) is 0 Å². The summed E-state index contributed by atoms with van der Waals surface area (Å²) in [5, 5.41) is 16.7. The third kappa shape index (κ3) is 2.91. The highest BCUT2D eigenvalue weighted by Crippen LogP contribution is 2.22. The number of hydrogen-bond donors (Lipinski definition) is 2. The predicted molar refractivity (Wildman–Crippen MR) is 91.3 cm³/mol. The van der Waals surface area contributed by atoms with Gasteiger partial charge in [-0.3, -0.25) is 4.79 Å². The first-order valence-corrected chi connectivity index (χ1v) is 7.31. The molecule has 0 unspecified atom stereocenters. The van der Waals surface area contributed by atoms with Gasteiger partial charge in [0, 0.05) is 40.4 Å². The molecule has 3 rings (SSSR count). The number of nitrogens with zero attached hydrogens (tertiary/aromatic N) is 2. The molecule has 1 heterocycles. The molecule has 6 heteroatoms. The van der Waals surface area contributed by atoms with Crippen LogP contribution < -0.4 is 5.32 Å². The lowest BCUT2D eigenvalue weighted by atomic mass is 10.1. The number of amides is 1. The number of oxime groups is 1. The second-order valence-electron chi connectivity index (χ2n) is 5.08. The van der Waals surface area contributed by atoms with Crippen molar-refractivity contribution >= 4 is 39.8 Å². The van der Waals surface area contributed by atoms with Crippen LogP contribution in [-0.2, 0) is 11.8 Å². The predicted octanol–water partition coefficient (Wildman–Crippen LogP) is 3.65. The summed E-state index contributed by atoms with van der Waals surface area (Å²) in [6, 6.07) is 14.3. The van der Waals surface area contributed by atoms with Gasteiger partial charge in [0.05, 0.1) is 0 Å². The zero-order valence-corrected chi connectivity index (χ0v) is 13.1. The van der Waals surface area contributed by atoms with E-state index in [1.54, 1.807) is 30.5 Å². The second-order valence-corrected chi connectivity index (χ2v) is 5.52. The smallest absolute Gasteiger partial charge is 0.278 e. The molecule has 0 aliphatic heterocycles. The van der Waals surface area contributed by atoms with Crippen LogP contribution >= 0.6 is 11.6 Å². The van der Waals surface area contributed by atoms with Gasteiger partial charge >= 0.3 is 0 Å². The number of rotatable bonds is 3. The maximum Gasteiger partial charge on any atom is 0.278 e. The Hall–Kier alpha value is -2.79. The van der Waals surface area contributed by atoms with Crippen LogP contribution in [0.5, 0.6) is 0 Å². The highest BCUT2D eigenvalue weighted by Gasteiger charge is 2.19.